The summed E-state index contributed by atoms with van der Waals surface area (Å²) in [6.45, 7) is 6.40. The van der Waals surface area contributed by atoms with E-state index in [2.05, 4.69) is 32.9 Å². The fourth-order valence-electron chi connectivity index (χ4n) is 2.10. The van der Waals surface area contributed by atoms with Crippen molar-refractivity contribution in [2.24, 2.45) is 5.41 Å². The van der Waals surface area contributed by atoms with Gasteiger partial charge in [0.2, 0.25) is 0 Å². The Morgan fingerprint density at radius 1 is 1.31 bits per heavy atom. The molecule has 13 heavy (non-hydrogen) atoms. The lowest BCUT2D eigenvalue weighted by atomic mass is 9.71. The van der Waals surface area contributed by atoms with Crippen molar-refractivity contribution < 1.29 is 5.11 Å². The average molecular weight is 180 g/mol. The van der Waals surface area contributed by atoms with Gasteiger partial charge in [-0.05, 0) is 24.8 Å². The zero-order chi connectivity index (χ0) is 9.90. The topological polar surface area (TPSA) is 20.2 Å². The Morgan fingerprint density at radius 2 is 1.92 bits per heavy atom. The molecule has 1 aliphatic carbocycles. The molecule has 0 saturated carbocycles. The van der Waals surface area contributed by atoms with Crippen LogP contribution in [0.25, 0.3) is 0 Å². The first-order valence-corrected chi connectivity index (χ1v) is 5.26. The maximum absolute atomic E-state index is 10.2. The summed E-state index contributed by atoms with van der Waals surface area (Å²) in [5, 5.41) is 10.2. The van der Waals surface area contributed by atoms with Gasteiger partial charge in [0, 0.05) is 5.41 Å². The molecule has 0 fully saturated rings. The minimum Gasteiger partial charge on any atom is -0.388 e. The van der Waals surface area contributed by atoms with E-state index in [1.54, 1.807) is 0 Å². The van der Waals surface area contributed by atoms with E-state index in [0.717, 1.165) is 19.3 Å². The van der Waals surface area contributed by atoms with E-state index in [-0.39, 0.29) is 11.5 Å². The largest absolute Gasteiger partial charge is 0.388 e. The predicted octanol–water partition coefficient (Wildman–Crippen LogP) is 3.06. The fourth-order valence-corrected chi connectivity index (χ4v) is 2.10. The highest BCUT2D eigenvalue weighted by Crippen LogP contribution is 2.39. The van der Waals surface area contributed by atoms with Crippen LogP contribution in [0.4, 0.5) is 0 Å². The van der Waals surface area contributed by atoms with Gasteiger partial charge in [-0.15, -0.1) is 0 Å². The van der Waals surface area contributed by atoms with Crippen molar-refractivity contribution in [3.8, 4) is 0 Å². The molecule has 0 bridgehead atoms. The van der Waals surface area contributed by atoms with Gasteiger partial charge >= 0.3 is 0 Å². The summed E-state index contributed by atoms with van der Waals surface area (Å²) in [6, 6.07) is 0. The van der Waals surface area contributed by atoms with Gasteiger partial charge in [-0.2, -0.15) is 0 Å². The summed E-state index contributed by atoms with van der Waals surface area (Å²) >= 11 is 0. The number of aliphatic hydroxyl groups excluding tert-OH is 1. The minimum atomic E-state index is -0.266. The molecule has 1 atom stereocenters. The van der Waals surface area contributed by atoms with Gasteiger partial charge in [0.15, 0.2) is 0 Å². The van der Waals surface area contributed by atoms with Gasteiger partial charge in [0.05, 0.1) is 6.10 Å². The Hall–Kier alpha value is -0.560. The predicted molar refractivity (Wildman–Crippen MR) is 56.5 cm³/mol. The van der Waals surface area contributed by atoms with Crippen molar-refractivity contribution in [2.45, 2.75) is 46.1 Å². The summed E-state index contributed by atoms with van der Waals surface area (Å²) in [4.78, 5) is 0. The maximum Gasteiger partial charge on any atom is 0.0843 e. The number of rotatable bonds is 3. The zero-order valence-corrected chi connectivity index (χ0v) is 8.88. The number of hydrogen-bond donors (Lipinski definition) is 1. The highest BCUT2D eigenvalue weighted by atomic mass is 16.3. The summed E-state index contributed by atoms with van der Waals surface area (Å²) in [5.41, 5.74) is 1.17. The molecule has 74 valence electrons. The summed E-state index contributed by atoms with van der Waals surface area (Å²) in [5.74, 6) is 0. The zero-order valence-electron chi connectivity index (χ0n) is 8.88. The molecular formula is C12H20O. The minimum absolute atomic E-state index is 0.0000926. The monoisotopic (exact) mass is 180 g/mol. The van der Waals surface area contributed by atoms with Crippen molar-refractivity contribution in [1.82, 2.24) is 0 Å². The molecule has 1 heteroatoms. The van der Waals surface area contributed by atoms with Gasteiger partial charge in [-0.1, -0.05) is 39.0 Å². The Labute approximate surface area is 81.2 Å². The van der Waals surface area contributed by atoms with Crippen LogP contribution in [-0.4, -0.2) is 11.2 Å². The quantitative estimate of drug-likeness (QED) is 0.707. The Bertz CT molecular complexity index is 221. The van der Waals surface area contributed by atoms with E-state index in [1.807, 2.05) is 6.08 Å². The van der Waals surface area contributed by atoms with Crippen LogP contribution in [0.2, 0.25) is 0 Å². The van der Waals surface area contributed by atoms with Gasteiger partial charge in [-0.25, -0.2) is 0 Å². The summed E-state index contributed by atoms with van der Waals surface area (Å²) in [7, 11) is 0. The van der Waals surface area contributed by atoms with E-state index >= 15 is 0 Å². The smallest absolute Gasteiger partial charge is 0.0843 e. The molecule has 0 aliphatic heterocycles. The molecule has 1 N–H and O–H groups in total. The van der Waals surface area contributed by atoms with Crippen molar-refractivity contribution in [1.29, 1.82) is 0 Å². The molecule has 0 radical (unpaired) electrons. The standard InChI is InChI=1S/C12H20O/c1-4-10-8-7-9-12(5-2,6-3)11(10)13/h7-9,11,13H,4-6H2,1-3H3. The van der Waals surface area contributed by atoms with Crippen LogP contribution in [0.5, 0.6) is 0 Å². The van der Waals surface area contributed by atoms with Crippen LogP contribution in [0.15, 0.2) is 23.8 Å². The van der Waals surface area contributed by atoms with Crippen LogP contribution in [0.3, 0.4) is 0 Å². The van der Waals surface area contributed by atoms with Crippen molar-refractivity contribution in [2.75, 3.05) is 0 Å². The van der Waals surface area contributed by atoms with Gasteiger partial charge in [0.25, 0.3) is 0 Å². The molecule has 0 spiro atoms. The lowest BCUT2D eigenvalue weighted by Gasteiger charge is -2.37. The number of aliphatic hydroxyl groups is 1. The van der Waals surface area contributed by atoms with Crippen LogP contribution >= 0.6 is 0 Å². The highest BCUT2D eigenvalue weighted by Gasteiger charge is 2.34. The normalized spacial score (nSPS) is 25.8. The molecule has 0 saturated heterocycles. The third kappa shape index (κ3) is 1.71. The first kappa shape index (κ1) is 10.5. The molecule has 0 aromatic heterocycles. The third-order valence-electron chi connectivity index (χ3n) is 3.36. The Morgan fingerprint density at radius 3 is 2.38 bits per heavy atom. The molecule has 1 aliphatic rings. The summed E-state index contributed by atoms with van der Waals surface area (Å²) < 4.78 is 0. The molecular weight excluding hydrogens is 160 g/mol. The first-order chi connectivity index (χ1) is 6.20. The van der Waals surface area contributed by atoms with Gasteiger partial charge in [-0.3, -0.25) is 0 Å². The third-order valence-corrected chi connectivity index (χ3v) is 3.36. The second-order valence-electron chi connectivity index (χ2n) is 3.80. The van der Waals surface area contributed by atoms with E-state index < -0.39 is 0 Å². The highest BCUT2D eigenvalue weighted by molar-refractivity contribution is 5.28. The van der Waals surface area contributed by atoms with Gasteiger partial charge in [0.1, 0.15) is 0 Å². The molecule has 0 amide bonds. The second kappa shape index (κ2) is 4.10. The number of allylic oxidation sites excluding steroid dienone is 2. The van der Waals surface area contributed by atoms with Crippen molar-refractivity contribution in [3.05, 3.63) is 23.8 Å². The Kier molecular flexibility index (Phi) is 3.32. The van der Waals surface area contributed by atoms with E-state index in [9.17, 15) is 5.11 Å². The maximum atomic E-state index is 10.2. The molecule has 1 unspecified atom stereocenters. The van der Waals surface area contributed by atoms with E-state index in [4.69, 9.17) is 0 Å². The molecule has 0 heterocycles. The lowest BCUT2D eigenvalue weighted by Crippen LogP contribution is -2.35. The first-order valence-electron chi connectivity index (χ1n) is 5.26. The lowest BCUT2D eigenvalue weighted by molar-refractivity contribution is 0.0780. The fraction of sp³-hybridized carbons (Fsp3) is 0.667. The molecule has 0 aromatic rings. The van der Waals surface area contributed by atoms with E-state index in [1.165, 1.54) is 5.57 Å². The summed E-state index contributed by atoms with van der Waals surface area (Å²) in [6.07, 6.45) is 9.02. The second-order valence-corrected chi connectivity index (χ2v) is 3.80. The van der Waals surface area contributed by atoms with Crippen LogP contribution in [0, 0.1) is 5.41 Å². The molecule has 1 rings (SSSR count). The van der Waals surface area contributed by atoms with Crippen LogP contribution < -0.4 is 0 Å². The number of hydrogen-bond acceptors (Lipinski definition) is 1. The van der Waals surface area contributed by atoms with Crippen LogP contribution in [0.1, 0.15) is 40.0 Å². The van der Waals surface area contributed by atoms with Crippen molar-refractivity contribution >= 4 is 0 Å². The Balaban J connectivity index is 2.92. The molecule has 1 nitrogen and oxygen atoms in total. The molecule has 0 aromatic carbocycles. The van der Waals surface area contributed by atoms with Gasteiger partial charge < -0.3 is 5.11 Å². The van der Waals surface area contributed by atoms with Crippen molar-refractivity contribution in [3.63, 3.8) is 0 Å². The SMILES string of the molecule is CCC1=CC=CC(CC)(CC)C1O. The van der Waals surface area contributed by atoms with Crippen LogP contribution in [-0.2, 0) is 0 Å². The average Bonchev–Trinajstić information content (AvgIpc) is 2.19. The van der Waals surface area contributed by atoms with E-state index in [0.29, 0.717) is 0 Å².